The number of ether oxygens (including phenoxy) is 1. The van der Waals surface area contributed by atoms with Crippen LogP contribution >= 0.6 is 0 Å². The highest BCUT2D eigenvalue weighted by Crippen LogP contribution is 2.33. The molecule has 0 aromatic heterocycles. The standard InChI is InChI=1S/C25H31NO4/c1-2-3-15-30-16-14-19-17-22(25(28)29)26(18-19)24(27)23(20-10-6-4-7-11-20)21-12-8-5-9-13-21/h4-13,19,22-23H,2-3,14-18H2,1H3,(H,28,29)/t19-,22-/m0/s1. The molecule has 1 aliphatic heterocycles. The van der Waals surface area contributed by atoms with E-state index in [4.69, 9.17) is 4.74 Å². The number of benzene rings is 2. The Labute approximate surface area is 178 Å². The minimum atomic E-state index is -0.933. The molecular weight excluding hydrogens is 378 g/mol. The minimum Gasteiger partial charge on any atom is -0.480 e. The van der Waals surface area contributed by atoms with Crippen LogP contribution in [-0.2, 0) is 14.3 Å². The fourth-order valence-corrected chi connectivity index (χ4v) is 4.14. The van der Waals surface area contributed by atoms with Gasteiger partial charge in [0.05, 0.1) is 5.92 Å². The maximum atomic E-state index is 13.7. The predicted molar refractivity (Wildman–Crippen MR) is 116 cm³/mol. The van der Waals surface area contributed by atoms with Gasteiger partial charge >= 0.3 is 5.97 Å². The van der Waals surface area contributed by atoms with Crippen molar-refractivity contribution in [1.29, 1.82) is 0 Å². The largest absolute Gasteiger partial charge is 0.480 e. The first-order valence-electron chi connectivity index (χ1n) is 10.8. The summed E-state index contributed by atoms with van der Waals surface area (Å²) < 4.78 is 5.66. The van der Waals surface area contributed by atoms with Gasteiger partial charge in [0.1, 0.15) is 6.04 Å². The summed E-state index contributed by atoms with van der Waals surface area (Å²) in [5.74, 6) is -1.44. The molecule has 2 aromatic carbocycles. The van der Waals surface area contributed by atoms with Gasteiger partial charge in [-0.3, -0.25) is 4.79 Å². The van der Waals surface area contributed by atoms with Crippen molar-refractivity contribution in [3.05, 3.63) is 71.8 Å². The van der Waals surface area contributed by atoms with Crippen LogP contribution in [0.25, 0.3) is 0 Å². The summed E-state index contributed by atoms with van der Waals surface area (Å²) in [5, 5.41) is 9.79. The van der Waals surface area contributed by atoms with Crippen LogP contribution in [0.3, 0.4) is 0 Å². The van der Waals surface area contributed by atoms with E-state index in [1.54, 1.807) is 4.90 Å². The Bertz CT molecular complexity index is 769. The first-order chi connectivity index (χ1) is 14.6. The number of unbranched alkanes of at least 4 members (excludes halogenated alkanes) is 1. The third-order valence-corrected chi connectivity index (χ3v) is 5.78. The molecule has 0 saturated carbocycles. The second kappa shape index (κ2) is 10.9. The molecule has 1 saturated heterocycles. The molecule has 0 unspecified atom stereocenters. The molecule has 5 nitrogen and oxygen atoms in total. The first kappa shape index (κ1) is 22.0. The first-order valence-corrected chi connectivity index (χ1v) is 10.8. The van der Waals surface area contributed by atoms with Crippen molar-refractivity contribution in [1.82, 2.24) is 4.90 Å². The Morgan fingerprint density at radius 2 is 1.63 bits per heavy atom. The molecule has 0 bridgehead atoms. The fourth-order valence-electron chi connectivity index (χ4n) is 4.14. The maximum absolute atomic E-state index is 13.7. The third kappa shape index (κ3) is 5.48. The predicted octanol–water partition coefficient (Wildman–Crippen LogP) is 4.33. The van der Waals surface area contributed by atoms with Gasteiger partial charge in [0.15, 0.2) is 0 Å². The number of carbonyl (C=O) groups is 2. The summed E-state index contributed by atoms with van der Waals surface area (Å²) >= 11 is 0. The number of hydrogen-bond donors (Lipinski definition) is 1. The normalized spacial score (nSPS) is 18.7. The lowest BCUT2D eigenvalue weighted by molar-refractivity contribution is -0.148. The number of nitrogens with zero attached hydrogens (tertiary/aromatic N) is 1. The highest BCUT2D eigenvalue weighted by atomic mass is 16.5. The van der Waals surface area contributed by atoms with Crippen molar-refractivity contribution in [2.24, 2.45) is 5.92 Å². The highest BCUT2D eigenvalue weighted by molar-refractivity contribution is 5.91. The van der Waals surface area contributed by atoms with Crippen LogP contribution < -0.4 is 0 Å². The van der Waals surface area contributed by atoms with Gasteiger partial charge < -0.3 is 14.7 Å². The van der Waals surface area contributed by atoms with Gasteiger partial charge in [0.2, 0.25) is 5.91 Å². The fraction of sp³-hybridized carbons (Fsp3) is 0.440. The molecule has 30 heavy (non-hydrogen) atoms. The Morgan fingerprint density at radius 3 is 2.17 bits per heavy atom. The van der Waals surface area contributed by atoms with Crippen molar-refractivity contribution in [2.45, 2.75) is 44.6 Å². The molecule has 1 heterocycles. The van der Waals surface area contributed by atoms with E-state index in [0.717, 1.165) is 37.0 Å². The van der Waals surface area contributed by atoms with E-state index in [1.165, 1.54) is 0 Å². The second-order valence-electron chi connectivity index (χ2n) is 7.96. The SMILES string of the molecule is CCCCOCC[C@H]1C[C@@H](C(=O)O)N(C(=O)C(c2ccccc2)c2ccccc2)C1. The van der Waals surface area contributed by atoms with Gasteiger partial charge in [-0.25, -0.2) is 4.79 Å². The van der Waals surface area contributed by atoms with Crippen LogP contribution in [0, 0.1) is 5.92 Å². The van der Waals surface area contributed by atoms with Gasteiger partial charge in [0.25, 0.3) is 0 Å². The average molecular weight is 410 g/mol. The van der Waals surface area contributed by atoms with Gasteiger partial charge in [-0.05, 0) is 36.3 Å². The zero-order valence-corrected chi connectivity index (χ0v) is 17.6. The average Bonchev–Trinajstić information content (AvgIpc) is 3.20. The van der Waals surface area contributed by atoms with Gasteiger partial charge in [-0.15, -0.1) is 0 Å². The summed E-state index contributed by atoms with van der Waals surface area (Å²) in [5.41, 5.74) is 1.76. The van der Waals surface area contributed by atoms with Crippen LogP contribution in [0.15, 0.2) is 60.7 Å². The van der Waals surface area contributed by atoms with E-state index >= 15 is 0 Å². The molecule has 1 N–H and O–H groups in total. The Kier molecular flexibility index (Phi) is 8.03. The number of carboxylic acids is 1. The lowest BCUT2D eigenvalue weighted by Gasteiger charge is -2.27. The molecule has 1 amide bonds. The van der Waals surface area contributed by atoms with Crippen molar-refractivity contribution < 1.29 is 19.4 Å². The molecule has 160 valence electrons. The number of likely N-dealkylation sites (tertiary alicyclic amines) is 1. The molecule has 1 aliphatic rings. The highest BCUT2D eigenvalue weighted by Gasteiger charge is 2.42. The molecule has 3 rings (SSSR count). The van der Waals surface area contributed by atoms with E-state index in [2.05, 4.69) is 6.92 Å². The summed E-state index contributed by atoms with van der Waals surface area (Å²) in [4.78, 5) is 27.2. The zero-order chi connectivity index (χ0) is 21.3. The lowest BCUT2D eigenvalue weighted by Crippen LogP contribution is -2.43. The summed E-state index contributed by atoms with van der Waals surface area (Å²) in [6, 6.07) is 18.4. The molecule has 0 spiro atoms. The molecular formula is C25H31NO4. The number of amides is 1. The molecule has 2 atom stereocenters. The van der Waals surface area contributed by atoms with Gasteiger partial charge in [-0.2, -0.15) is 0 Å². The topological polar surface area (TPSA) is 66.8 Å². The molecule has 5 heteroatoms. The van der Waals surface area contributed by atoms with E-state index in [-0.39, 0.29) is 11.8 Å². The number of rotatable bonds is 10. The molecule has 2 aromatic rings. The van der Waals surface area contributed by atoms with Crippen LogP contribution in [-0.4, -0.2) is 47.7 Å². The molecule has 1 fully saturated rings. The Morgan fingerprint density at radius 1 is 1.03 bits per heavy atom. The third-order valence-electron chi connectivity index (χ3n) is 5.78. The second-order valence-corrected chi connectivity index (χ2v) is 7.96. The van der Waals surface area contributed by atoms with Crippen molar-refractivity contribution in [3.8, 4) is 0 Å². The van der Waals surface area contributed by atoms with Crippen LogP contribution in [0.4, 0.5) is 0 Å². The summed E-state index contributed by atoms with van der Waals surface area (Å²) in [6.45, 7) is 3.93. The van der Waals surface area contributed by atoms with E-state index in [1.807, 2.05) is 60.7 Å². The minimum absolute atomic E-state index is 0.142. The quantitative estimate of drug-likeness (QED) is 0.593. The smallest absolute Gasteiger partial charge is 0.326 e. The Hall–Kier alpha value is -2.66. The lowest BCUT2D eigenvalue weighted by atomic mass is 9.90. The molecule has 0 radical (unpaired) electrons. The summed E-state index contributed by atoms with van der Waals surface area (Å²) in [7, 11) is 0. The summed E-state index contributed by atoms with van der Waals surface area (Å²) in [6.07, 6.45) is 3.38. The monoisotopic (exact) mass is 409 g/mol. The zero-order valence-electron chi connectivity index (χ0n) is 17.6. The van der Waals surface area contributed by atoms with E-state index in [0.29, 0.717) is 19.6 Å². The number of hydrogen-bond acceptors (Lipinski definition) is 3. The van der Waals surface area contributed by atoms with Crippen LogP contribution in [0.2, 0.25) is 0 Å². The molecule has 0 aliphatic carbocycles. The maximum Gasteiger partial charge on any atom is 0.326 e. The van der Waals surface area contributed by atoms with Crippen LogP contribution in [0.1, 0.15) is 49.7 Å². The number of carbonyl (C=O) groups excluding carboxylic acids is 1. The number of aliphatic carboxylic acids is 1. The Balaban J connectivity index is 1.78. The van der Waals surface area contributed by atoms with E-state index in [9.17, 15) is 14.7 Å². The van der Waals surface area contributed by atoms with Gasteiger partial charge in [-0.1, -0.05) is 74.0 Å². The number of carboxylic acid groups (broad SMARTS) is 1. The van der Waals surface area contributed by atoms with Crippen molar-refractivity contribution >= 4 is 11.9 Å². The van der Waals surface area contributed by atoms with Crippen LogP contribution in [0.5, 0.6) is 0 Å². The van der Waals surface area contributed by atoms with Gasteiger partial charge in [0, 0.05) is 19.8 Å². The van der Waals surface area contributed by atoms with E-state index < -0.39 is 17.9 Å². The van der Waals surface area contributed by atoms with Crippen molar-refractivity contribution in [3.63, 3.8) is 0 Å². The van der Waals surface area contributed by atoms with Crippen molar-refractivity contribution in [2.75, 3.05) is 19.8 Å².